The summed E-state index contributed by atoms with van der Waals surface area (Å²) in [6.45, 7) is 4.00. The van der Waals surface area contributed by atoms with Crippen LogP contribution < -0.4 is 14.2 Å². The predicted octanol–water partition coefficient (Wildman–Crippen LogP) is 2.99. The van der Waals surface area contributed by atoms with E-state index < -0.39 is 0 Å². The average molecular weight is 399 g/mol. The topological polar surface area (TPSA) is 51.2 Å². The van der Waals surface area contributed by atoms with Crippen molar-refractivity contribution in [3.8, 4) is 17.2 Å². The van der Waals surface area contributed by atoms with Crippen LogP contribution in [0.25, 0.3) is 0 Å². The number of rotatable bonds is 8. The fourth-order valence-corrected chi connectivity index (χ4v) is 3.64. The number of hydrogen-bond donors (Lipinski definition) is 0. The Bertz CT molecular complexity index is 816. The molecular formula is C23H30N2O4. The van der Waals surface area contributed by atoms with Crippen molar-refractivity contribution in [3.05, 3.63) is 53.6 Å². The number of carbonyl (C=O) groups excluding carboxylic acids is 1. The van der Waals surface area contributed by atoms with Gasteiger partial charge in [0.05, 0.1) is 21.3 Å². The Morgan fingerprint density at radius 1 is 0.897 bits per heavy atom. The molecule has 3 rings (SSSR count). The largest absolute Gasteiger partial charge is 0.497 e. The molecule has 0 spiro atoms. The van der Waals surface area contributed by atoms with Gasteiger partial charge >= 0.3 is 0 Å². The molecule has 0 saturated carbocycles. The van der Waals surface area contributed by atoms with Crippen LogP contribution in [0.2, 0.25) is 0 Å². The molecule has 1 fully saturated rings. The minimum absolute atomic E-state index is 0.214. The number of piperazine rings is 1. The fourth-order valence-electron chi connectivity index (χ4n) is 3.64. The quantitative estimate of drug-likeness (QED) is 0.684. The van der Waals surface area contributed by atoms with Crippen molar-refractivity contribution in [1.82, 2.24) is 9.80 Å². The lowest BCUT2D eigenvalue weighted by molar-refractivity contribution is -0.133. The molecular weight excluding hydrogens is 368 g/mol. The van der Waals surface area contributed by atoms with Crippen LogP contribution in [0.5, 0.6) is 17.2 Å². The molecule has 0 aromatic heterocycles. The summed E-state index contributed by atoms with van der Waals surface area (Å²) in [6.07, 6.45) is 1.26. The van der Waals surface area contributed by atoms with E-state index in [4.69, 9.17) is 14.2 Å². The van der Waals surface area contributed by atoms with E-state index >= 15 is 0 Å². The van der Waals surface area contributed by atoms with Gasteiger partial charge in [0, 0.05) is 44.7 Å². The van der Waals surface area contributed by atoms with E-state index in [0.29, 0.717) is 6.42 Å². The molecule has 2 aromatic rings. The van der Waals surface area contributed by atoms with Crippen LogP contribution in [0.3, 0.4) is 0 Å². The molecule has 2 aromatic carbocycles. The van der Waals surface area contributed by atoms with Crippen molar-refractivity contribution in [3.63, 3.8) is 0 Å². The van der Waals surface area contributed by atoms with Gasteiger partial charge in [-0.3, -0.25) is 9.69 Å². The highest BCUT2D eigenvalue weighted by Crippen LogP contribution is 2.25. The molecule has 1 aliphatic rings. The highest BCUT2D eigenvalue weighted by molar-refractivity contribution is 5.76. The van der Waals surface area contributed by atoms with Crippen LogP contribution in [0, 0.1) is 0 Å². The second-order valence-electron chi connectivity index (χ2n) is 7.19. The van der Waals surface area contributed by atoms with E-state index in [-0.39, 0.29) is 5.91 Å². The number of benzene rings is 2. The predicted molar refractivity (Wildman–Crippen MR) is 113 cm³/mol. The van der Waals surface area contributed by atoms with Crippen molar-refractivity contribution in [2.75, 3.05) is 47.5 Å². The van der Waals surface area contributed by atoms with E-state index in [2.05, 4.69) is 4.90 Å². The molecule has 0 atom stereocenters. The summed E-state index contributed by atoms with van der Waals surface area (Å²) in [5.74, 6) is 2.73. The lowest BCUT2D eigenvalue weighted by atomic mass is 10.1. The molecule has 0 N–H and O–H groups in total. The number of nitrogens with zero attached hydrogens (tertiary/aromatic N) is 2. The van der Waals surface area contributed by atoms with Crippen LogP contribution in [-0.2, 0) is 17.8 Å². The van der Waals surface area contributed by atoms with E-state index in [1.807, 2.05) is 47.4 Å². The summed E-state index contributed by atoms with van der Waals surface area (Å²) in [5, 5.41) is 0. The van der Waals surface area contributed by atoms with Crippen LogP contribution >= 0.6 is 0 Å². The number of ether oxygens (including phenoxy) is 3. The molecule has 6 nitrogen and oxygen atoms in total. The number of aryl methyl sites for hydroxylation is 1. The SMILES string of the molecule is COc1cccc(CCC(=O)N2CCN(Cc3cc(OC)ccc3OC)CC2)c1. The third-order valence-corrected chi connectivity index (χ3v) is 5.37. The van der Waals surface area contributed by atoms with Crippen molar-refractivity contribution in [2.24, 2.45) is 0 Å². The first-order valence-electron chi connectivity index (χ1n) is 9.97. The Morgan fingerprint density at radius 3 is 2.31 bits per heavy atom. The molecule has 156 valence electrons. The minimum atomic E-state index is 0.214. The maximum atomic E-state index is 12.6. The zero-order valence-corrected chi connectivity index (χ0v) is 17.5. The Balaban J connectivity index is 1.49. The summed E-state index contributed by atoms with van der Waals surface area (Å²) in [6, 6.07) is 13.8. The van der Waals surface area contributed by atoms with Gasteiger partial charge in [0.25, 0.3) is 0 Å². The molecule has 0 unspecified atom stereocenters. The zero-order chi connectivity index (χ0) is 20.6. The second-order valence-corrected chi connectivity index (χ2v) is 7.19. The van der Waals surface area contributed by atoms with E-state index in [1.165, 1.54) is 0 Å². The minimum Gasteiger partial charge on any atom is -0.497 e. The Labute approximate surface area is 173 Å². The maximum absolute atomic E-state index is 12.6. The molecule has 1 saturated heterocycles. The van der Waals surface area contributed by atoms with Gasteiger partial charge in [0.2, 0.25) is 5.91 Å². The van der Waals surface area contributed by atoms with Crippen molar-refractivity contribution < 1.29 is 19.0 Å². The van der Waals surface area contributed by atoms with Gasteiger partial charge in [-0.25, -0.2) is 0 Å². The molecule has 29 heavy (non-hydrogen) atoms. The standard InChI is InChI=1S/C23H30N2O4/c1-27-20-6-4-5-18(15-20)7-10-23(26)25-13-11-24(12-14-25)17-19-16-21(28-2)8-9-22(19)29-3/h4-6,8-9,15-16H,7,10-14,17H2,1-3H3. The lowest BCUT2D eigenvalue weighted by Gasteiger charge is -2.35. The van der Waals surface area contributed by atoms with E-state index in [1.54, 1.807) is 21.3 Å². The van der Waals surface area contributed by atoms with Crippen molar-refractivity contribution in [1.29, 1.82) is 0 Å². The van der Waals surface area contributed by atoms with Gasteiger partial charge in [0.15, 0.2) is 0 Å². The monoisotopic (exact) mass is 398 g/mol. The van der Waals surface area contributed by atoms with Gasteiger partial charge in [0.1, 0.15) is 17.2 Å². The molecule has 1 amide bonds. The third-order valence-electron chi connectivity index (χ3n) is 5.37. The van der Waals surface area contributed by atoms with Crippen LogP contribution in [0.4, 0.5) is 0 Å². The zero-order valence-electron chi connectivity index (χ0n) is 17.5. The maximum Gasteiger partial charge on any atom is 0.222 e. The van der Waals surface area contributed by atoms with Gasteiger partial charge in [-0.2, -0.15) is 0 Å². The summed E-state index contributed by atoms with van der Waals surface area (Å²) in [7, 11) is 5.01. The van der Waals surface area contributed by atoms with Crippen LogP contribution in [0.15, 0.2) is 42.5 Å². The average Bonchev–Trinajstić information content (AvgIpc) is 2.78. The second kappa shape index (κ2) is 10.2. The Kier molecular flexibility index (Phi) is 7.36. The Morgan fingerprint density at radius 2 is 1.62 bits per heavy atom. The fraction of sp³-hybridized carbons (Fsp3) is 0.435. The molecule has 1 aliphatic heterocycles. The van der Waals surface area contributed by atoms with Gasteiger partial charge in [-0.15, -0.1) is 0 Å². The van der Waals surface area contributed by atoms with E-state index in [9.17, 15) is 4.79 Å². The van der Waals surface area contributed by atoms with Gasteiger partial charge < -0.3 is 19.1 Å². The van der Waals surface area contributed by atoms with E-state index in [0.717, 1.165) is 67.5 Å². The first-order chi connectivity index (χ1) is 14.1. The summed E-state index contributed by atoms with van der Waals surface area (Å²) >= 11 is 0. The number of carbonyl (C=O) groups is 1. The van der Waals surface area contributed by atoms with Gasteiger partial charge in [-0.1, -0.05) is 12.1 Å². The van der Waals surface area contributed by atoms with Gasteiger partial charge in [-0.05, 0) is 42.3 Å². The normalized spacial score (nSPS) is 14.5. The van der Waals surface area contributed by atoms with Crippen LogP contribution in [0.1, 0.15) is 17.5 Å². The summed E-state index contributed by atoms with van der Waals surface area (Å²) in [5.41, 5.74) is 2.23. The highest BCUT2D eigenvalue weighted by Gasteiger charge is 2.22. The first kappa shape index (κ1) is 21.0. The van der Waals surface area contributed by atoms with Crippen molar-refractivity contribution >= 4 is 5.91 Å². The molecule has 0 radical (unpaired) electrons. The van der Waals surface area contributed by atoms with Crippen LogP contribution in [-0.4, -0.2) is 63.2 Å². The number of amides is 1. The molecule has 0 aliphatic carbocycles. The van der Waals surface area contributed by atoms with Crippen molar-refractivity contribution in [2.45, 2.75) is 19.4 Å². The lowest BCUT2D eigenvalue weighted by Crippen LogP contribution is -2.48. The summed E-state index contributed by atoms with van der Waals surface area (Å²) in [4.78, 5) is 16.9. The number of hydrogen-bond acceptors (Lipinski definition) is 5. The Hall–Kier alpha value is -2.73. The molecule has 0 bridgehead atoms. The molecule has 1 heterocycles. The highest BCUT2D eigenvalue weighted by atomic mass is 16.5. The molecule has 6 heteroatoms. The third kappa shape index (κ3) is 5.64. The first-order valence-corrected chi connectivity index (χ1v) is 9.97. The smallest absolute Gasteiger partial charge is 0.222 e. The number of methoxy groups -OCH3 is 3. The summed E-state index contributed by atoms with van der Waals surface area (Å²) < 4.78 is 16.1.